The summed E-state index contributed by atoms with van der Waals surface area (Å²) in [5.74, 6) is -3.43. The van der Waals surface area contributed by atoms with Crippen molar-refractivity contribution in [2.24, 2.45) is 0 Å². The standard InChI is InChI=1S/C14H17F3O3/c15-13(16,17)12-8-10(14(18,19)20)6-7-11(12)9-4-2-1-3-5-9/h6-9,18-20H,1-5H2. The molecule has 1 aliphatic rings. The third-order valence-electron chi connectivity index (χ3n) is 3.79. The SMILES string of the molecule is OC(O)(O)c1ccc(C2CCCCC2)c(C(F)(F)F)c1. The van der Waals surface area contributed by atoms with Crippen LogP contribution in [0.2, 0.25) is 0 Å². The third kappa shape index (κ3) is 3.31. The molecule has 3 N–H and O–H groups in total. The molecule has 1 aromatic rings. The fourth-order valence-corrected chi connectivity index (χ4v) is 2.78. The van der Waals surface area contributed by atoms with Crippen molar-refractivity contribution in [3.63, 3.8) is 0 Å². The van der Waals surface area contributed by atoms with Crippen molar-refractivity contribution in [2.75, 3.05) is 0 Å². The average Bonchev–Trinajstić information content (AvgIpc) is 2.37. The van der Waals surface area contributed by atoms with Gasteiger partial charge in [0.1, 0.15) is 0 Å². The molecule has 112 valence electrons. The molecular weight excluding hydrogens is 273 g/mol. The average molecular weight is 290 g/mol. The Hall–Kier alpha value is -1.11. The number of rotatable bonds is 2. The van der Waals surface area contributed by atoms with Gasteiger partial charge in [-0.05, 0) is 30.4 Å². The first-order chi connectivity index (χ1) is 9.19. The Bertz CT molecular complexity index is 472. The first kappa shape index (κ1) is 15.3. The van der Waals surface area contributed by atoms with Gasteiger partial charge in [0.25, 0.3) is 0 Å². The van der Waals surface area contributed by atoms with Crippen LogP contribution >= 0.6 is 0 Å². The van der Waals surface area contributed by atoms with Crippen LogP contribution in [0.4, 0.5) is 13.2 Å². The minimum absolute atomic E-state index is 0.167. The molecule has 0 heterocycles. The molecule has 3 nitrogen and oxygen atoms in total. The van der Waals surface area contributed by atoms with Gasteiger partial charge in [0.15, 0.2) is 0 Å². The molecule has 0 aliphatic heterocycles. The molecule has 0 unspecified atom stereocenters. The maximum absolute atomic E-state index is 13.1. The second-order valence-corrected chi connectivity index (χ2v) is 5.27. The Balaban J connectivity index is 2.45. The highest BCUT2D eigenvalue weighted by Crippen LogP contribution is 2.41. The van der Waals surface area contributed by atoms with Crippen LogP contribution in [0.25, 0.3) is 0 Å². The van der Waals surface area contributed by atoms with Gasteiger partial charge in [0.2, 0.25) is 0 Å². The van der Waals surface area contributed by atoms with Gasteiger partial charge in [-0.25, -0.2) is 0 Å². The molecule has 0 radical (unpaired) electrons. The molecule has 0 saturated heterocycles. The van der Waals surface area contributed by atoms with E-state index in [-0.39, 0.29) is 11.5 Å². The van der Waals surface area contributed by atoms with E-state index in [1.54, 1.807) is 0 Å². The van der Waals surface area contributed by atoms with Crippen LogP contribution in [0.1, 0.15) is 54.7 Å². The number of alkyl halides is 3. The highest BCUT2D eigenvalue weighted by molar-refractivity contribution is 5.37. The third-order valence-corrected chi connectivity index (χ3v) is 3.79. The normalized spacial score (nSPS) is 18.3. The molecule has 0 aromatic heterocycles. The van der Waals surface area contributed by atoms with Crippen molar-refractivity contribution in [1.29, 1.82) is 0 Å². The van der Waals surface area contributed by atoms with Crippen molar-refractivity contribution < 1.29 is 28.5 Å². The second kappa shape index (κ2) is 5.35. The highest BCUT2D eigenvalue weighted by atomic mass is 19.4. The zero-order valence-corrected chi connectivity index (χ0v) is 10.8. The van der Waals surface area contributed by atoms with Crippen LogP contribution in [0.15, 0.2) is 18.2 Å². The van der Waals surface area contributed by atoms with Gasteiger partial charge < -0.3 is 15.3 Å². The lowest BCUT2D eigenvalue weighted by molar-refractivity contribution is -0.323. The van der Waals surface area contributed by atoms with Gasteiger partial charge >= 0.3 is 12.1 Å². The van der Waals surface area contributed by atoms with Gasteiger partial charge in [-0.2, -0.15) is 13.2 Å². The van der Waals surface area contributed by atoms with E-state index < -0.39 is 23.3 Å². The van der Waals surface area contributed by atoms with E-state index >= 15 is 0 Å². The van der Waals surface area contributed by atoms with E-state index in [2.05, 4.69) is 0 Å². The molecular formula is C14H17F3O3. The van der Waals surface area contributed by atoms with Gasteiger partial charge in [-0.15, -0.1) is 0 Å². The van der Waals surface area contributed by atoms with E-state index in [9.17, 15) is 13.2 Å². The Morgan fingerprint density at radius 1 is 0.950 bits per heavy atom. The summed E-state index contributed by atoms with van der Waals surface area (Å²) < 4.78 is 39.4. The Labute approximate surface area is 114 Å². The number of halogens is 3. The van der Waals surface area contributed by atoms with Gasteiger partial charge in [0.05, 0.1) is 5.56 Å². The summed E-state index contributed by atoms with van der Waals surface area (Å²) in [7, 11) is 0. The molecule has 6 heteroatoms. The molecule has 1 aromatic carbocycles. The Morgan fingerprint density at radius 3 is 2.05 bits per heavy atom. The molecule has 0 bridgehead atoms. The Kier molecular flexibility index (Phi) is 4.09. The zero-order valence-electron chi connectivity index (χ0n) is 10.8. The van der Waals surface area contributed by atoms with Crippen LogP contribution < -0.4 is 0 Å². The molecule has 20 heavy (non-hydrogen) atoms. The first-order valence-electron chi connectivity index (χ1n) is 6.58. The number of benzene rings is 1. The van der Waals surface area contributed by atoms with Crippen molar-refractivity contribution >= 4 is 0 Å². The molecule has 0 spiro atoms. The fraction of sp³-hybridized carbons (Fsp3) is 0.571. The minimum Gasteiger partial charge on any atom is -0.340 e. The lowest BCUT2D eigenvalue weighted by Gasteiger charge is -2.26. The van der Waals surface area contributed by atoms with Crippen molar-refractivity contribution in [1.82, 2.24) is 0 Å². The molecule has 1 aliphatic carbocycles. The van der Waals surface area contributed by atoms with E-state index in [1.807, 2.05) is 0 Å². The fourth-order valence-electron chi connectivity index (χ4n) is 2.78. The first-order valence-corrected chi connectivity index (χ1v) is 6.58. The number of hydrogen-bond donors (Lipinski definition) is 3. The topological polar surface area (TPSA) is 60.7 Å². The van der Waals surface area contributed by atoms with Crippen LogP contribution in [-0.4, -0.2) is 15.3 Å². The van der Waals surface area contributed by atoms with Crippen molar-refractivity contribution in [3.05, 3.63) is 34.9 Å². The second-order valence-electron chi connectivity index (χ2n) is 5.27. The quantitative estimate of drug-likeness (QED) is 0.734. The molecule has 0 atom stereocenters. The maximum Gasteiger partial charge on any atom is 0.416 e. The van der Waals surface area contributed by atoms with Crippen LogP contribution in [0, 0.1) is 0 Å². The molecule has 0 amide bonds. The van der Waals surface area contributed by atoms with E-state index in [1.165, 1.54) is 6.07 Å². The smallest absolute Gasteiger partial charge is 0.340 e. The highest BCUT2D eigenvalue weighted by Gasteiger charge is 2.37. The summed E-state index contributed by atoms with van der Waals surface area (Å²) in [4.78, 5) is 0. The lowest BCUT2D eigenvalue weighted by atomic mass is 9.81. The van der Waals surface area contributed by atoms with Crippen molar-refractivity contribution in [3.8, 4) is 0 Å². The zero-order chi connectivity index (χ0) is 15.0. The summed E-state index contributed by atoms with van der Waals surface area (Å²) in [5, 5.41) is 27.1. The molecule has 1 saturated carbocycles. The van der Waals surface area contributed by atoms with E-state index in [4.69, 9.17) is 15.3 Å². The van der Waals surface area contributed by atoms with Crippen LogP contribution in [0.5, 0.6) is 0 Å². The lowest BCUT2D eigenvalue weighted by Crippen LogP contribution is -2.25. The van der Waals surface area contributed by atoms with Gasteiger partial charge in [-0.1, -0.05) is 31.4 Å². The summed E-state index contributed by atoms with van der Waals surface area (Å²) in [6.45, 7) is 0. The van der Waals surface area contributed by atoms with Gasteiger partial charge in [0, 0.05) is 5.56 Å². The summed E-state index contributed by atoms with van der Waals surface area (Å²) in [6, 6.07) is 2.98. The monoisotopic (exact) mass is 290 g/mol. The maximum atomic E-state index is 13.1. The van der Waals surface area contributed by atoms with E-state index in [0.29, 0.717) is 18.9 Å². The minimum atomic E-state index is -4.59. The number of aliphatic hydroxyl groups is 3. The molecule has 2 rings (SSSR count). The largest absolute Gasteiger partial charge is 0.416 e. The Morgan fingerprint density at radius 2 is 1.55 bits per heavy atom. The number of hydrogen-bond acceptors (Lipinski definition) is 3. The molecule has 1 fully saturated rings. The summed E-state index contributed by atoms with van der Waals surface area (Å²) >= 11 is 0. The summed E-state index contributed by atoms with van der Waals surface area (Å²) in [5.41, 5.74) is -1.31. The van der Waals surface area contributed by atoms with Crippen molar-refractivity contribution in [2.45, 2.75) is 50.2 Å². The van der Waals surface area contributed by atoms with E-state index in [0.717, 1.165) is 25.3 Å². The summed E-state index contributed by atoms with van der Waals surface area (Å²) in [6.07, 6.45) is -0.367. The van der Waals surface area contributed by atoms with Gasteiger partial charge in [-0.3, -0.25) is 0 Å². The van der Waals surface area contributed by atoms with Crippen LogP contribution in [0.3, 0.4) is 0 Å². The predicted molar refractivity (Wildman–Crippen MR) is 65.6 cm³/mol. The van der Waals surface area contributed by atoms with Crippen LogP contribution in [-0.2, 0) is 12.1 Å². The predicted octanol–water partition coefficient (Wildman–Crippen LogP) is 2.84.